The third-order valence-corrected chi connectivity index (χ3v) is 4.20. The third kappa shape index (κ3) is 5.80. The molecule has 1 aromatic heterocycles. The summed E-state index contributed by atoms with van der Waals surface area (Å²) in [4.78, 5) is 28.8. The lowest BCUT2D eigenvalue weighted by molar-refractivity contribution is -0.123. The molecule has 1 amide bonds. The number of amides is 1. The molecule has 29 heavy (non-hydrogen) atoms. The zero-order valence-electron chi connectivity index (χ0n) is 15.7. The molecule has 2 aromatic carbocycles. The van der Waals surface area contributed by atoms with E-state index >= 15 is 0 Å². The first-order chi connectivity index (χ1) is 14.0. The van der Waals surface area contributed by atoms with Gasteiger partial charge in [0.2, 0.25) is 0 Å². The molecule has 1 heterocycles. The molecule has 0 fully saturated rings. The monoisotopic (exact) mass is 410 g/mol. The normalized spacial score (nSPS) is 11.4. The number of benzene rings is 2. The van der Waals surface area contributed by atoms with Crippen LogP contribution in [0.5, 0.6) is 5.75 Å². The number of anilines is 1. The van der Waals surface area contributed by atoms with E-state index in [4.69, 9.17) is 21.1 Å². The highest BCUT2D eigenvalue weighted by Gasteiger charge is 2.21. The lowest BCUT2D eigenvalue weighted by Crippen LogP contribution is -2.30. The van der Waals surface area contributed by atoms with E-state index in [2.05, 4.69) is 10.3 Å². The molecule has 1 N–H and O–H groups in total. The molecule has 0 saturated carbocycles. The summed E-state index contributed by atoms with van der Waals surface area (Å²) < 4.78 is 11.1. The molecule has 6 nitrogen and oxygen atoms in total. The third-order valence-electron chi connectivity index (χ3n) is 3.98. The molecule has 0 bridgehead atoms. The molecule has 0 radical (unpaired) electrons. The van der Waals surface area contributed by atoms with E-state index in [0.717, 1.165) is 5.56 Å². The highest BCUT2D eigenvalue weighted by molar-refractivity contribution is 6.30. The van der Waals surface area contributed by atoms with Gasteiger partial charge in [-0.1, -0.05) is 54.1 Å². The first-order valence-corrected chi connectivity index (χ1v) is 9.30. The number of para-hydroxylation sites is 1. The number of halogens is 1. The van der Waals surface area contributed by atoms with Gasteiger partial charge in [-0.05, 0) is 36.8 Å². The maximum atomic E-state index is 12.6. The van der Waals surface area contributed by atoms with Gasteiger partial charge in [0.1, 0.15) is 23.7 Å². The quantitative estimate of drug-likeness (QED) is 0.580. The number of carbonyl (C=O) groups is 2. The van der Waals surface area contributed by atoms with Crippen molar-refractivity contribution in [1.82, 2.24) is 4.98 Å². The summed E-state index contributed by atoms with van der Waals surface area (Å²) in [5, 5.41) is 3.02. The molecule has 0 saturated heterocycles. The minimum Gasteiger partial charge on any atom is -0.488 e. The van der Waals surface area contributed by atoms with Crippen molar-refractivity contribution >= 4 is 29.3 Å². The predicted octanol–water partition coefficient (Wildman–Crippen LogP) is 4.50. The second-order valence-corrected chi connectivity index (χ2v) is 6.61. The van der Waals surface area contributed by atoms with Crippen LogP contribution in [0.25, 0.3) is 0 Å². The van der Waals surface area contributed by atoms with Gasteiger partial charge < -0.3 is 14.8 Å². The van der Waals surface area contributed by atoms with Gasteiger partial charge in [-0.25, -0.2) is 9.78 Å². The summed E-state index contributed by atoms with van der Waals surface area (Å²) in [6.45, 7) is 1.79. The summed E-state index contributed by atoms with van der Waals surface area (Å²) in [5.41, 5.74) is 1.21. The van der Waals surface area contributed by atoms with Gasteiger partial charge in [0, 0.05) is 6.20 Å². The fourth-order valence-corrected chi connectivity index (χ4v) is 2.56. The highest BCUT2D eigenvalue weighted by Crippen LogP contribution is 2.21. The van der Waals surface area contributed by atoms with Gasteiger partial charge in [0.25, 0.3) is 5.91 Å². The van der Waals surface area contributed by atoms with Crippen molar-refractivity contribution in [3.63, 3.8) is 0 Å². The Hall–Kier alpha value is -3.38. The number of rotatable bonds is 7. The fraction of sp³-hybridized carbons (Fsp3) is 0.136. The van der Waals surface area contributed by atoms with E-state index in [0.29, 0.717) is 23.2 Å². The summed E-state index contributed by atoms with van der Waals surface area (Å²) in [6.07, 6.45) is 0.385. The number of ether oxygens (including phenoxy) is 2. The van der Waals surface area contributed by atoms with Crippen LogP contribution in [0.4, 0.5) is 5.82 Å². The Morgan fingerprint density at radius 1 is 1.03 bits per heavy atom. The largest absolute Gasteiger partial charge is 0.488 e. The first kappa shape index (κ1) is 20.4. The maximum absolute atomic E-state index is 12.6. The van der Waals surface area contributed by atoms with Crippen LogP contribution >= 0.6 is 11.6 Å². The molecule has 1 atom stereocenters. The molecular formula is C22H19ClN2O4. The summed E-state index contributed by atoms with van der Waals surface area (Å²) in [7, 11) is 0. The lowest BCUT2D eigenvalue weighted by Gasteiger charge is -2.15. The Balaban J connectivity index is 1.62. The van der Waals surface area contributed by atoms with Gasteiger partial charge in [-0.2, -0.15) is 0 Å². The fourth-order valence-electron chi connectivity index (χ4n) is 2.45. The van der Waals surface area contributed by atoms with Crippen LogP contribution in [-0.4, -0.2) is 23.0 Å². The van der Waals surface area contributed by atoms with E-state index in [1.165, 1.54) is 13.1 Å². The molecule has 148 valence electrons. The number of hydrogen-bond donors (Lipinski definition) is 1. The molecule has 0 spiro atoms. The van der Waals surface area contributed by atoms with Crippen molar-refractivity contribution in [2.75, 3.05) is 5.32 Å². The summed E-state index contributed by atoms with van der Waals surface area (Å²) in [5.74, 6) is -0.460. The Labute approximate surface area is 173 Å². The number of carbonyl (C=O) groups excluding carboxylic acids is 2. The minimum atomic E-state index is -1.03. The smallest absolute Gasteiger partial charge is 0.342 e. The van der Waals surface area contributed by atoms with Gasteiger partial charge in [0.05, 0.1) is 5.02 Å². The second kappa shape index (κ2) is 9.71. The van der Waals surface area contributed by atoms with Crippen molar-refractivity contribution in [2.24, 2.45) is 0 Å². The number of hydrogen-bond acceptors (Lipinski definition) is 5. The Morgan fingerprint density at radius 3 is 2.48 bits per heavy atom. The number of esters is 1. The topological polar surface area (TPSA) is 77.5 Å². The highest BCUT2D eigenvalue weighted by atomic mass is 35.5. The van der Waals surface area contributed by atoms with Crippen LogP contribution in [0.2, 0.25) is 5.02 Å². The van der Waals surface area contributed by atoms with Crippen molar-refractivity contribution in [1.29, 1.82) is 0 Å². The van der Waals surface area contributed by atoms with E-state index in [1.807, 2.05) is 30.3 Å². The number of aromatic nitrogens is 1. The Morgan fingerprint density at radius 2 is 1.76 bits per heavy atom. The molecule has 7 heteroatoms. The van der Waals surface area contributed by atoms with Crippen LogP contribution in [0.1, 0.15) is 22.8 Å². The molecule has 0 unspecified atom stereocenters. The molecular weight excluding hydrogens is 392 g/mol. The summed E-state index contributed by atoms with van der Waals surface area (Å²) >= 11 is 5.77. The Bertz CT molecular complexity index is 978. The van der Waals surface area contributed by atoms with Crippen molar-refractivity contribution in [3.05, 3.63) is 89.1 Å². The van der Waals surface area contributed by atoms with Gasteiger partial charge in [-0.3, -0.25) is 4.79 Å². The van der Waals surface area contributed by atoms with E-state index in [9.17, 15) is 9.59 Å². The van der Waals surface area contributed by atoms with Gasteiger partial charge >= 0.3 is 5.97 Å². The average Bonchev–Trinajstić information content (AvgIpc) is 2.74. The van der Waals surface area contributed by atoms with E-state index in [-0.39, 0.29) is 5.56 Å². The predicted molar refractivity (Wildman–Crippen MR) is 110 cm³/mol. The SMILES string of the molecule is C[C@H](OC(=O)c1ccccc1OCc1ccccc1)C(=O)Nc1ccc(Cl)cn1. The van der Waals surface area contributed by atoms with Gasteiger partial charge in [0.15, 0.2) is 6.10 Å². The second-order valence-electron chi connectivity index (χ2n) is 6.17. The van der Waals surface area contributed by atoms with Crippen LogP contribution in [0.15, 0.2) is 72.9 Å². The zero-order chi connectivity index (χ0) is 20.6. The van der Waals surface area contributed by atoms with Gasteiger partial charge in [-0.15, -0.1) is 0 Å². The lowest BCUT2D eigenvalue weighted by atomic mass is 10.2. The van der Waals surface area contributed by atoms with Crippen molar-refractivity contribution in [2.45, 2.75) is 19.6 Å². The first-order valence-electron chi connectivity index (χ1n) is 8.92. The van der Waals surface area contributed by atoms with Crippen LogP contribution in [-0.2, 0) is 16.1 Å². The minimum absolute atomic E-state index is 0.243. The van der Waals surface area contributed by atoms with E-state index in [1.54, 1.807) is 36.4 Å². The van der Waals surface area contributed by atoms with E-state index < -0.39 is 18.0 Å². The van der Waals surface area contributed by atoms with Crippen LogP contribution < -0.4 is 10.1 Å². The van der Waals surface area contributed by atoms with Crippen LogP contribution in [0, 0.1) is 0 Å². The molecule has 3 rings (SSSR count). The maximum Gasteiger partial charge on any atom is 0.342 e. The number of nitrogens with one attached hydrogen (secondary N) is 1. The molecule has 0 aliphatic heterocycles. The molecule has 3 aromatic rings. The van der Waals surface area contributed by atoms with Crippen molar-refractivity contribution in [3.8, 4) is 5.75 Å². The standard InChI is InChI=1S/C22H19ClN2O4/c1-15(21(26)25-20-12-11-17(23)13-24-20)29-22(27)18-9-5-6-10-19(18)28-14-16-7-3-2-4-8-16/h2-13,15H,14H2,1H3,(H,24,25,26)/t15-/m0/s1. The number of nitrogens with zero attached hydrogens (tertiary/aromatic N) is 1. The van der Waals surface area contributed by atoms with Crippen molar-refractivity contribution < 1.29 is 19.1 Å². The summed E-state index contributed by atoms with van der Waals surface area (Å²) in [6, 6.07) is 19.5. The number of pyridine rings is 1. The Kier molecular flexibility index (Phi) is 6.81. The molecule has 0 aliphatic rings. The van der Waals surface area contributed by atoms with Crippen LogP contribution in [0.3, 0.4) is 0 Å². The average molecular weight is 411 g/mol. The zero-order valence-corrected chi connectivity index (χ0v) is 16.4. The molecule has 0 aliphatic carbocycles.